The van der Waals surface area contributed by atoms with Gasteiger partial charge in [-0.2, -0.15) is 0 Å². The molecule has 5 aromatic rings. The highest BCUT2D eigenvalue weighted by Crippen LogP contribution is 2.37. The van der Waals surface area contributed by atoms with Gasteiger partial charge in [0, 0.05) is 0 Å². The molecule has 5 aromatic carbocycles. The Hall–Kier alpha value is -4.24. The lowest BCUT2D eigenvalue weighted by Crippen LogP contribution is -1.95. The summed E-state index contributed by atoms with van der Waals surface area (Å²) in [5, 5.41) is 2.31. The molecule has 0 saturated carbocycles. The van der Waals surface area contributed by atoms with Crippen LogP contribution in [0.3, 0.4) is 0 Å². The van der Waals surface area contributed by atoms with Crippen molar-refractivity contribution in [1.29, 1.82) is 0 Å². The van der Waals surface area contributed by atoms with E-state index in [0.717, 1.165) is 50.5 Å². The van der Waals surface area contributed by atoms with Crippen LogP contribution in [0.15, 0.2) is 109 Å². The van der Waals surface area contributed by atoms with E-state index in [2.05, 4.69) is 66.7 Å². The van der Waals surface area contributed by atoms with Crippen molar-refractivity contribution in [3.63, 3.8) is 0 Å². The highest BCUT2D eigenvalue weighted by Gasteiger charge is 2.11. The third-order valence-corrected chi connectivity index (χ3v) is 5.98. The maximum Gasteiger partial charge on any atom is 0.120 e. The van der Waals surface area contributed by atoms with Gasteiger partial charge in [0.15, 0.2) is 0 Å². The Morgan fingerprint density at radius 1 is 0.500 bits per heavy atom. The summed E-state index contributed by atoms with van der Waals surface area (Å²) in [5.41, 5.74) is 5.60. The smallest absolute Gasteiger partial charge is 0.120 e. The van der Waals surface area contributed by atoms with E-state index in [1.807, 2.05) is 42.5 Å². The fraction of sp³-hybridized carbons (Fsp3) is 0.0968. The first-order valence-corrected chi connectivity index (χ1v) is 11.3. The molecule has 0 bridgehead atoms. The van der Waals surface area contributed by atoms with Crippen LogP contribution in [0.4, 0.5) is 0 Å². The Balaban J connectivity index is 1.52. The standard InChI is InChI=1S/C31H26O3/c1-32-27-14-13-23-17-26(12-11-24(23)18-27)30-16-15-28(33-2)20-31(30)25-9-6-10-29(19-25)34-21-22-7-4-3-5-8-22/h3-20H,21H2,1-2H3. The molecule has 34 heavy (non-hydrogen) atoms. The summed E-state index contributed by atoms with van der Waals surface area (Å²) in [6.45, 7) is 0.531. The summed E-state index contributed by atoms with van der Waals surface area (Å²) >= 11 is 0. The van der Waals surface area contributed by atoms with E-state index in [9.17, 15) is 0 Å². The Labute approximate surface area is 200 Å². The van der Waals surface area contributed by atoms with Gasteiger partial charge >= 0.3 is 0 Å². The van der Waals surface area contributed by atoms with Gasteiger partial charge in [0.2, 0.25) is 0 Å². The first-order chi connectivity index (χ1) is 16.7. The van der Waals surface area contributed by atoms with Gasteiger partial charge in [-0.25, -0.2) is 0 Å². The third-order valence-electron chi connectivity index (χ3n) is 5.98. The molecule has 0 aromatic heterocycles. The lowest BCUT2D eigenvalue weighted by Gasteiger charge is -2.14. The second-order valence-electron chi connectivity index (χ2n) is 8.14. The van der Waals surface area contributed by atoms with Gasteiger partial charge in [0.05, 0.1) is 14.2 Å². The van der Waals surface area contributed by atoms with Gasteiger partial charge in [-0.3, -0.25) is 0 Å². The van der Waals surface area contributed by atoms with Crippen LogP contribution in [0.2, 0.25) is 0 Å². The van der Waals surface area contributed by atoms with Crippen LogP contribution in [0.1, 0.15) is 5.56 Å². The normalized spacial score (nSPS) is 10.8. The average molecular weight is 447 g/mol. The molecule has 0 spiro atoms. The van der Waals surface area contributed by atoms with Gasteiger partial charge in [-0.1, -0.05) is 66.7 Å². The van der Waals surface area contributed by atoms with E-state index in [1.165, 1.54) is 5.39 Å². The Bertz CT molecular complexity index is 1420. The van der Waals surface area contributed by atoms with Gasteiger partial charge in [-0.05, 0) is 81.1 Å². The largest absolute Gasteiger partial charge is 0.497 e. The zero-order chi connectivity index (χ0) is 23.3. The molecule has 0 aliphatic heterocycles. The number of hydrogen-bond donors (Lipinski definition) is 0. The maximum atomic E-state index is 6.09. The molecule has 0 radical (unpaired) electrons. The molecule has 0 heterocycles. The second kappa shape index (κ2) is 9.72. The predicted octanol–water partition coefficient (Wildman–Crippen LogP) is 7.77. The van der Waals surface area contributed by atoms with E-state index in [-0.39, 0.29) is 0 Å². The van der Waals surface area contributed by atoms with E-state index in [0.29, 0.717) is 6.61 Å². The molecule has 0 saturated heterocycles. The number of rotatable bonds is 7. The molecular formula is C31H26O3. The average Bonchev–Trinajstić information content (AvgIpc) is 2.91. The summed E-state index contributed by atoms with van der Waals surface area (Å²) in [6, 6.07) is 37.3. The SMILES string of the molecule is COc1ccc(-c2ccc3cc(OC)ccc3c2)c(-c2cccc(OCc3ccccc3)c2)c1. The zero-order valence-corrected chi connectivity index (χ0v) is 19.3. The van der Waals surface area contributed by atoms with E-state index >= 15 is 0 Å². The van der Waals surface area contributed by atoms with Crippen molar-refractivity contribution in [2.45, 2.75) is 6.61 Å². The quantitative estimate of drug-likeness (QED) is 0.256. The number of benzene rings is 5. The molecule has 0 aliphatic carbocycles. The maximum absolute atomic E-state index is 6.09. The monoisotopic (exact) mass is 446 g/mol. The van der Waals surface area contributed by atoms with Crippen molar-refractivity contribution < 1.29 is 14.2 Å². The van der Waals surface area contributed by atoms with Crippen LogP contribution in [-0.2, 0) is 6.61 Å². The molecule has 0 amide bonds. The summed E-state index contributed by atoms with van der Waals surface area (Å²) in [7, 11) is 3.39. The van der Waals surface area contributed by atoms with Gasteiger partial charge in [-0.15, -0.1) is 0 Å². The minimum atomic E-state index is 0.531. The summed E-state index contributed by atoms with van der Waals surface area (Å²) in [6.07, 6.45) is 0. The van der Waals surface area contributed by atoms with Crippen LogP contribution >= 0.6 is 0 Å². The first kappa shape index (κ1) is 21.6. The number of methoxy groups -OCH3 is 2. The minimum absolute atomic E-state index is 0.531. The molecular weight excluding hydrogens is 420 g/mol. The van der Waals surface area contributed by atoms with Gasteiger partial charge < -0.3 is 14.2 Å². The number of hydrogen-bond acceptors (Lipinski definition) is 3. The molecule has 0 N–H and O–H groups in total. The topological polar surface area (TPSA) is 27.7 Å². The highest BCUT2D eigenvalue weighted by molar-refractivity contribution is 5.92. The van der Waals surface area contributed by atoms with Crippen LogP contribution in [0, 0.1) is 0 Å². The molecule has 0 aliphatic rings. The number of fused-ring (bicyclic) bond motifs is 1. The fourth-order valence-corrected chi connectivity index (χ4v) is 4.15. The Morgan fingerprint density at radius 3 is 2.03 bits per heavy atom. The van der Waals surface area contributed by atoms with Crippen molar-refractivity contribution in [3.05, 3.63) is 115 Å². The molecule has 168 valence electrons. The summed E-state index contributed by atoms with van der Waals surface area (Å²) < 4.78 is 17.0. The van der Waals surface area contributed by atoms with Crippen LogP contribution in [-0.4, -0.2) is 14.2 Å². The molecule has 0 unspecified atom stereocenters. The third kappa shape index (κ3) is 4.60. The molecule has 0 atom stereocenters. The van der Waals surface area contributed by atoms with Crippen molar-refractivity contribution >= 4 is 10.8 Å². The Morgan fingerprint density at radius 2 is 1.21 bits per heavy atom. The number of ether oxygens (including phenoxy) is 3. The van der Waals surface area contributed by atoms with E-state index in [4.69, 9.17) is 14.2 Å². The van der Waals surface area contributed by atoms with Crippen molar-refractivity contribution in [1.82, 2.24) is 0 Å². The summed E-state index contributed by atoms with van der Waals surface area (Å²) in [5.74, 6) is 2.51. The predicted molar refractivity (Wildman–Crippen MR) is 139 cm³/mol. The van der Waals surface area contributed by atoms with E-state index in [1.54, 1.807) is 14.2 Å². The van der Waals surface area contributed by atoms with Crippen molar-refractivity contribution in [2.75, 3.05) is 14.2 Å². The molecule has 3 nitrogen and oxygen atoms in total. The van der Waals surface area contributed by atoms with E-state index < -0.39 is 0 Å². The lowest BCUT2D eigenvalue weighted by molar-refractivity contribution is 0.306. The first-order valence-electron chi connectivity index (χ1n) is 11.3. The highest BCUT2D eigenvalue weighted by atomic mass is 16.5. The molecule has 5 rings (SSSR count). The van der Waals surface area contributed by atoms with Crippen LogP contribution in [0.25, 0.3) is 33.0 Å². The van der Waals surface area contributed by atoms with Crippen LogP contribution in [0.5, 0.6) is 17.2 Å². The fourth-order valence-electron chi connectivity index (χ4n) is 4.15. The zero-order valence-electron chi connectivity index (χ0n) is 19.3. The van der Waals surface area contributed by atoms with Gasteiger partial charge in [0.1, 0.15) is 23.9 Å². The lowest BCUT2D eigenvalue weighted by atomic mass is 9.93. The molecule has 0 fully saturated rings. The van der Waals surface area contributed by atoms with Crippen molar-refractivity contribution in [2.24, 2.45) is 0 Å². The van der Waals surface area contributed by atoms with Gasteiger partial charge in [0.25, 0.3) is 0 Å². The second-order valence-corrected chi connectivity index (χ2v) is 8.14. The van der Waals surface area contributed by atoms with Crippen molar-refractivity contribution in [3.8, 4) is 39.5 Å². The van der Waals surface area contributed by atoms with Crippen LogP contribution < -0.4 is 14.2 Å². The summed E-state index contributed by atoms with van der Waals surface area (Å²) in [4.78, 5) is 0. The molecule has 3 heteroatoms. The minimum Gasteiger partial charge on any atom is -0.497 e. The Kier molecular flexibility index (Phi) is 6.17.